The standard InChI is InChI=1S/C16H25BrN2O2S/c1-16(2,3)22(20,21)19-15(12-8-10-18-11-9-12)13-6-4-5-7-14(13)17/h4-7,12,15,18-19H,8-11H2,1-3H3/t15-/m1/s1. The first-order chi connectivity index (χ1) is 10.2. The van der Waals surface area contributed by atoms with E-state index in [0.29, 0.717) is 5.92 Å². The van der Waals surface area contributed by atoms with Gasteiger partial charge in [-0.1, -0.05) is 34.1 Å². The number of benzene rings is 1. The SMILES string of the molecule is CC(C)(C)S(=O)(=O)N[C@@H](c1ccccc1Br)C1CCNCC1. The van der Waals surface area contributed by atoms with Gasteiger partial charge in [-0.15, -0.1) is 0 Å². The molecular weight excluding hydrogens is 364 g/mol. The number of nitrogens with one attached hydrogen (secondary N) is 2. The van der Waals surface area contributed by atoms with Crippen molar-refractivity contribution in [3.63, 3.8) is 0 Å². The van der Waals surface area contributed by atoms with Crippen LogP contribution in [0.4, 0.5) is 0 Å². The molecule has 0 spiro atoms. The Morgan fingerprint density at radius 2 is 1.82 bits per heavy atom. The Bertz CT molecular complexity index is 605. The maximum Gasteiger partial charge on any atom is 0.217 e. The van der Waals surface area contributed by atoms with Crippen LogP contribution in [0.1, 0.15) is 45.2 Å². The highest BCUT2D eigenvalue weighted by Crippen LogP contribution is 2.34. The molecule has 1 aliphatic rings. The maximum absolute atomic E-state index is 12.6. The van der Waals surface area contributed by atoms with Gasteiger partial charge in [0.15, 0.2) is 0 Å². The number of hydrogen-bond donors (Lipinski definition) is 2. The number of sulfonamides is 1. The number of piperidine rings is 1. The monoisotopic (exact) mass is 388 g/mol. The lowest BCUT2D eigenvalue weighted by molar-refractivity contribution is 0.304. The summed E-state index contributed by atoms with van der Waals surface area (Å²) in [5, 5.41) is 3.34. The van der Waals surface area contributed by atoms with Crippen LogP contribution in [0.15, 0.2) is 28.7 Å². The Morgan fingerprint density at radius 1 is 1.23 bits per heavy atom. The average molecular weight is 389 g/mol. The summed E-state index contributed by atoms with van der Waals surface area (Å²) in [6.45, 7) is 7.06. The second-order valence-electron chi connectivity index (χ2n) is 6.82. The lowest BCUT2D eigenvalue weighted by atomic mass is 9.86. The van der Waals surface area contributed by atoms with Crippen LogP contribution in [-0.2, 0) is 10.0 Å². The van der Waals surface area contributed by atoms with Gasteiger partial charge in [-0.3, -0.25) is 0 Å². The van der Waals surface area contributed by atoms with E-state index in [2.05, 4.69) is 26.0 Å². The van der Waals surface area contributed by atoms with Gasteiger partial charge in [-0.25, -0.2) is 13.1 Å². The minimum absolute atomic E-state index is 0.193. The molecule has 1 aromatic rings. The molecule has 1 atom stereocenters. The summed E-state index contributed by atoms with van der Waals surface area (Å²) in [5.74, 6) is 0.303. The predicted molar refractivity (Wildman–Crippen MR) is 94.3 cm³/mol. The lowest BCUT2D eigenvalue weighted by Crippen LogP contribution is -2.45. The molecule has 2 N–H and O–H groups in total. The molecule has 4 nitrogen and oxygen atoms in total. The van der Waals surface area contributed by atoms with Crippen molar-refractivity contribution in [1.29, 1.82) is 0 Å². The van der Waals surface area contributed by atoms with Crippen LogP contribution in [0.3, 0.4) is 0 Å². The van der Waals surface area contributed by atoms with Crippen molar-refractivity contribution in [2.75, 3.05) is 13.1 Å². The van der Waals surface area contributed by atoms with Crippen LogP contribution < -0.4 is 10.0 Å². The van der Waals surface area contributed by atoms with Gasteiger partial charge in [0.1, 0.15) is 0 Å². The van der Waals surface area contributed by atoms with E-state index in [4.69, 9.17) is 0 Å². The van der Waals surface area contributed by atoms with Crippen LogP contribution in [0.5, 0.6) is 0 Å². The van der Waals surface area contributed by atoms with Gasteiger partial charge < -0.3 is 5.32 Å². The zero-order valence-electron chi connectivity index (χ0n) is 13.4. The Kier molecular flexibility index (Phi) is 5.69. The van der Waals surface area contributed by atoms with E-state index in [9.17, 15) is 8.42 Å². The van der Waals surface area contributed by atoms with E-state index in [-0.39, 0.29) is 6.04 Å². The first-order valence-electron chi connectivity index (χ1n) is 7.69. The van der Waals surface area contributed by atoms with Crippen molar-refractivity contribution in [2.24, 2.45) is 5.92 Å². The first-order valence-corrected chi connectivity index (χ1v) is 9.97. The second kappa shape index (κ2) is 6.99. The third-order valence-corrected chi connectivity index (χ3v) is 7.08. The van der Waals surface area contributed by atoms with Gasteiger partial charge >= 0.3 is 0 Å². The first kappa shape index (κ1) is 17.9. The minimum Gasteiger partial charge on any atom is -0.317 e. The Balaban J connectivity index is 2.36. The quantitative estimate of drug-likeness (QED) is 0.832. The molecule has 0 aliphatic carbocycles. The molecule has 124 valence electrons. The van der Waals surface area contributed by atoms with E-state index in [1.807, 2.05) is 24.3 Å². The summed E-state index contributed by atoms with van der Waals surface area (Å²) in [6.07, 6.45) is 1.94. The molecule has 0 saturated carbocycles. The van der Waals surface area contributed by atoms with Crippen molar-refractivity contribution in [3.05, 3.63) is 34.3 Å². The fourth-order valence-electron chi connectivity index (χ4n) is 2.66. The molecule has 0 bridgehead atoms. The molecule has 1 heterocycles. The van der Waals surface area contributed by atoms with E-state index >= 15 is 0 Å². The van der Waals surface area contributed by atoms with Gasteiger partial charge in [-0.2, -0.15) is 0 Å². The fraction of sp³-hybridized carbons (Fsp3) is 0.625. The van der Waals surface area contributed by atoms with Crippen molar-refractivity contribution in [3.8, 4) is 0 Å². The highest BCUT2D eigenvalue weighted by atomic mass is 79.9. The van der Waals surface area contributed by atoms with Gasteiger partial charge in [0.25, 0.3) is 0 Å². The van der Waals surface area contributed by atoms with Crippen molar-refractivity contribution in [2.45, 2.75) is 44.4 Å². The number of hydrogen-bond acceptors (Lipinski definition) is 3. The number of rotatable bonds is 4. The molecule has 0 unspecified atom stereocenters. The highest BCUT2D eigenvalue weighted by Gasteiger charge is 2.35. The van der Waals surface area contributed by atoms with Gasteiger partial charge in [0.05, 0.1) is 10.8 Å². The van der Waals surface area contributed by atoms with Crippen molar-refractivity contribution >= 4 is 26.0 Å². The van der Waals surface area contributed by atoms with Crippen molar-refractivity contribution < 1.29 is 8.42 Å². The van der Waals surface area contributed by atoms with E-state index < -0.39 is 14.8 Å². The average Bonchev–Trinajstić information content (AvgIpc) is 2.45. The van der Waals surface area contributed by atoms with Gasteiger partial charge in [0, 0.05) is 4.47 Å². The highest BCUT2D eigenvalue weighted by molar-refractivity contribution is 9.10. The molecule has 6 heteroatoms. The Morgan fingerprint density at radius 3 is 2.36 bits per heavy atom. The Hall–Kier alpha value is -0.430. The van der Waals surface area contributed by atoms with Crippen LogP contribution in [0, 0.1) is 5.92 Å². The maximum atomic E-state index is 12.6. The molecular formula is C16H25BrN2O2S. The third kappa shape index (κ3) is 4.10. The van der Waals surface area contributed by atoms with Crippen LogP contribution in [0.25, 0.3) is 0 Å². The second-order valence-corrected chi connectivity index (χ2v) is 10.1. The molecule has 1 saturated heterocycles. The fourth-order valence-corrected chi connectivity index (χ4v) is 4.20. The van der Waals surface area contributed by atoms with E-state index in [1.54, 1.807) is 20.8 Å². The van der Waals surface area contributed by atoms with E-state index in [1.165, 1.54) is 0 Å². The summed E-state index contributed by atoms with van der Waals surface area (Å²) in [5.41, 5.74) is 1.02. The molecule has 0 aromatic heterocycles. The zero-order valence-corrected chi connectivity index (χ0v) is 15.8. The minimum atomic E-state index is -3.40. The molecule has 1 aromatic carbocycles. The third-order valence-electron chi connectivity index (χ3n) is 4.18. The summed E-state index contributed by atoms with van der Waals surface area (Å²) in [7, 11) is -3.40. The predicted octanol–water partition coefficient (Wildman–Crippen LogP) is 3.21. The molecule has 2 rings (SSSR count). The molecule has 1 fully saturated rings. The lowest BCUT2D eigenvalue weighted by Gasteiger charge is -2.34. The molecule has 0 amide bonds. The van der Waals surface area contributed by atoms with Crippen LogP contribution in [-0.4, -0.2) is 26.3 Å². The van der Waals surface area contributed by atoms with Crippen LogP contribution >= 0.6 is 15.9 Å². The summed E-state index contributed by atoms with van der Waals surface area (Å²) < 4.78 is 28.4. The van der Waals surface area contributed by atoms with Gasteiger partial charge in [0.2, 0.25) is 10.0 Å². The summed E-state index contributed by atoms with van der Waals surface area (Å²) in [4.78, 5) is 0. The van der Waals surface area contributed by atoms with Crippen LogP contribution in [0.2, 0.25) is 0 Å². The van der Waals surface area contributed by atoms with Crippen molar-refractivity contribution in [1.82, 2.24) is 10.0 Å². The largest absolute Gasteiger partial charge is 0.317 e. The summed E-state index contributed by atoms with van der Waals surface area (Å²) >= 11 is 3.57. The number of halogens is 1. The van der Waals surface area contributed by atoms with Gasteiger partial charge in [-0.05, 0) is 64.3 Å². The smallest absolute Gasteiger partial charge is 0.217 e. The molecule has 1 aliphatic heterocycles. The normalized spacial score (nSPS) is 19.1. The van der Waals surface area contributed by atoms with E-state index in [0.717, 1.165) is 36.0 Å². The molecule has 22 heavy (non-hydrogen) atoms. The summed E-state index contributed by atoms with van der Waals surface area (Å²) in [6, 6.07) is 7.68. The Labute approximate surface area is 142 Å². The zero-order chi connectivity index (χ0) is 16.4. The molecule has 0 radical (unpaired) electrons. The topological polar surface area (TPSA) is 58.2 Å².